The minimum absolute atomic E-state index is 0.0615. The van der Waals surface area contributed by atoms with Gasteiger partial charge < -0.3 is 14.9 Å². The second kappa shape index (κ2) is 7.45. The Bertz CT molecular complexity index is 527. The molecule has 120 valence electrons. The number of carboxylic acid groups (broad SMARTS) is 1. The first-order valence-electron chi connectivity index (χ1n) is 7.38. The van der Waals surface area contributed by atoms with Gasteiger partial charge in [0.1, 0.15) is 12.4 Å². The number of aliphatic carboxylic acids is 1. The zero-order valence-electron chi connectivity index (χ0n) is 12.5. The van der Waals surface area contributed by atoms with Crippen molar-refractivity contribution in [2.75, 3.05) is 31.1 Å². The van der Waals surface area contributed by atoms with Crippen molar-refractivity contribution in [3.05, 3.63) is 23.4 Å². The molecule has 0 atom stereocenters. The van der Waals surface area contributed by atoms with E-state index in [4.69, 9.17) is 16.7 Å². The van der Waals surface area contributed by atoms with Crippen LogP contribution in [0.4, 0.5) is 5.82 Å². The Hall–Kier alpha value is -1.82. The molecule has 1 aliphatic heterocycles. The lowest BCUT2D eigenvalue weighted by Crippen LogP contribution is -2.44. The maximum atomic E-state index is 12.4. The van der Waals surface area contributed by atoms with Crippen molar-refractivity contribution in [1.29, 1.82) is 0 Å². The molecule has 2 rings (SSSR count). The Morgan fingerprint density at radius 3 is 2.59 bits per heavy atom. The Morgan fingerprint density at radius 1 is 1.41 bits per heavy atom. The standard InChI is InChI=1S/C15H20ClN3O3/c1-2-18(10-14(20)21)15(22)11-5-7-19(8-6-11)13-4-3-12(16)9-17-13/h3-4,9,11H,2,5-8,10H2,1H3,(H,20,21). The van der Waals surface area contributed by atoms with Crippen LogP contribution in [0, 0.1) is 5.92 Å². The van der Waals surface area contributed by atoms with E-state index < -0.39 is 5.97 Å². The summed E-state index contributed by atoms with van der Waals surface area (Å²) in [6.07, 6.45) is 3.03. The second-order valence-corrected chi connectivity index (χ2v) is 5.78. The molecule has 1 fully saturated rings. The fourth-order valence-electron chi connectivity index (χ4n) is 2.68. The quantitative estimate of drug-likeness (QED) is 0.894. The molecule has 1 aliphatic rings. The van der Waals surface area contributed by atoms with E-state index in [2.05, 4.69) is 9.88 Å². The highest BCUT2D eigenvalue weighted by Gasteiger charge is 2.29. The number of piperidine rings is 1. The van der Waals surface area contributed by atoms with Gasteiger partial charge in [-0.05, 0) is 31.9 Å². The van der Waals surface area contributed by atoms with Crippen molar-refractivity contribution in [3.8, 4) is 0 Å². The normalized spacial score (nSPS) is 15.6. The molecule has 1 aromatic rings. The molecule has 0 saturated carbocycles. The van der Waals surface area contributed by atoms with Crippen LogP contribution < -0.4 is 4.90 Å². The van der Waals surface area contributed by atoms with E-state index in [-0.39, 0.29) is 18.4 Å². The number of aromatic nitrogens is 1. The molecule has 0 unspecified atom stereocenters. The largest absolute Gasteiger partial charge is 0.480 e. The lowest BCUT2D eigenvalue weighted by molar-refractivity contribution is -0.146. The average molecular weight is 326 g/mol. The molecular weight excluding hydrogens is 306 g/mol. The topological polar surface area (TPSA) is 73.7 Å². The van der Waals surface area contributed by atoms with Crippen LogP contribution in [-0.2, 0) is 9.59 Å². The van der Waals surface area contributed by atoms with Crippen LogP contribution in [0.1, 0.15) is 19.8 Å². The third kappa shape index (κ3) is 4.10. The number of carboxylic acids is 1. The number of carbonyl (C=O) groups excluding carboxylic acids is 1. The number of carbonyl (C=O) groups is 2. The summed E-state index contributed by atoms with van der Waals surface area (Å²) in [6, 6.07) is 3.67. The first-order chi connectivity index (χ1) is 10.5. The molecule has 0 radical (unpaired) electrons. The summed E-state index contributed by atoms with van der Waals surface area (Å²) in [6.45, 7) is 3.46. The molecule has 0 spiro atoms. The Kier molecular flexibility index (Phi) is 5.60. The molecule has 22 heavy (non-hydrogen) atoms. The first-order valence-corrected chi connectivity index (χ1v) is 7.76. The van der Waals surface area contributed by atoms with Gasteiger partial charge in [-0.1, -0.05) is 11.6 Å². The Labute approximate surface area is 134 Å². The lowest BCUT2D eigenvalue weighted by Gasteiger charge is -2.34. The summed E-state index contributed by atoms with van der Waals surface area (Å²) >= 11 is 5.83. The molecule has 7 heteroatoms. The highest BCUT2D eigenvalue weighted by Crippen LogP contribution is 2.24. The van der Waals surface area contributed by atoms with Gasteiger partial charge in [0.05, 0.1) is 5.02 Å². The van der Waals surface area contributed by atoms with Crippen LogP contribution in [0.15, 0.2) is 18.3 Å². The van der Waals surface area contributed by atoms with Crippen molar-refractivity contribution in [2.45, 2.75) is 19.8 Å². The van der Waals surface area contributed by atoms with Gasteiger partial charge in [0.25, 0.3) is 0 Å². The molecule has 1 amide bonds. The lowest BCUT2D eigenvalue weighted by atomic mass is 9.95. The third-order valence-electron chi connectivity index (χ3n) is 3.90. The summed E-state index contributed by atoms with van der Waals surface area (Å²) < 4.78 is 0. The summed E-state index contributed by atoms with van der Waals surface area (Å²) in [5.41, 5.74) is 0. The highest BCUT2D eigenvalue weighted by atomic mass is 35.5. The first kappa shape index (κ1) is 16.5. The van der Waals surface area contributed by atoms with E-state index in [1.807, 2.05) is 6.07 Å². The van der Waals surface area contributed by atoms with Crippen LogP contribution in [0.5, 0.6) is 0 Å². The zero-order valence-corrected chi connectivity index (χ0v) is 13.3. The molecule has 1 saturated heterocycles. The minimum Gasteiger partial charge on any atom is -0.480 e. The zero-order chi connectivity index (χ0) is 16.1. The number of hydrogen-bond donors (Lipinski definition) is 1. The predicted octanol–water partition coefficient (Wildman–Crippen LogP) is 1.88. The van der Waals surface area contributed by atoms with Crippen molar-refractivity contribution in [1.82, 2.24) is 9.88 Å². The van der Waals surface area contributed by atoms with Crippen molar-refractivity contribution in [2.24, 2.45) is 5.92 Å². The van der Waals surface area contributed by atoms with Crippen LogP contribution in [-0.4, -0.2) is 53.0 Å². The van der Waals surface area contributed by atoms with Gasteiger partial charge in [-0.15, -0.1) is 0 Å². The van der Waals surface area contributed by atoms with E-state index in [0.717, 1.165) is 18.9 Å². The molecule has 1 N–H and O–H groups in total. The molecule has 6 nitrogen and oxygen atoms in total. The number of halogens is 1. The average Bonchev–Trinajstić information content (AvgIpc) is 2.52. The smallest absolute Gasteiger partial charge is 0.323 e. The number of anilines is 1. The van der Waals surface area contributed by atoms with Crippen LogP contribution in [0.3, 0.4) is 0 Å². The third-order valence-corrected chi connectivity index (χ3v) is 4.12. The molecule has 0 bridgehead atoms. The van der Waals surface area contributed by atoms with E-state index in [9.17, 15) is 9.59 Å². The highest BCUT2D eigenvalue weighted by molar-refractivity contribution is 6.30. The van der Waals surface area contributed by atoms with Gasteiger partial charge in [0.15, 0.2) is 0 Å². The van der Waals surface area contributed by atoms with Gasteiger partial charge in [-0.25, -0.2) is 4.98 Å². The molecule has 1 aromatic heterocycles. The maximum Gasteiger partial charge on any atom is 0.323 e. The predicted molar refractivity (Wildman–Crippen MR) is 84.1 cm³/mol. The van der Waals surface area contributed by atoms with Crippen molar-refractivity contribution in [3.63, 3.8) is 0 Å². The molecule has 2 heterocycles. The summed E-state index contributed by atoms with van der Waals surface area (Å²) in [4.78, 5) is 31.0. The number of hydrogen-bond acceptors (Lipinski definition) is 4. The van der Waals surface area contributed by atoms with Gasteiger partial charge in [0, 0.05) is 31.7 Å². The van der Waals surface area contributed by atoms with Crippen LogP contribution in [0.2, 0.25) is 5.02 Å². The van der Waals surface area contributed by atoms with Gasteiger partial charge in [-0.3, -0.25) is 9.59 Å². The Morgan fingerprint density at radius 2 is 2.09 bits per heavy atom. The number of nitrogens with zero attached hydrogens (tertiary/aromatic N) is 3. The summed E-state index contributed by atoms with van der Waals surface area (Å²) in [5, 5.41) is 9.45. The molecular formula is C15H20ClN3O3. The maximum absolute atomic E-state index is 12.4. The van der Waals surface area contributed by atoms with E-state index in [1.165, 1.54) is 4.90 Å². The van der Waals surface area contributed by atoms with Gasteiger partial charge in [0.2, 0.25) is 5.91 Å². The molecule has 0 aromatic carbocycles. The van der Waals surface area contributed by atoms with E-state index >= 15 is 0 Å². The SMILES string of the molecule is CCN(CC(=O)O)C(=O)C1CCN(c2ccc(Cl)cn2)CC1. The Balaban J connectivity index is 1.92. The van der Waals surface area contributed by atoms with Gasteiger partial charge in [-0.2, -0.15) is 0 Å². The number of pyridine rings is 1. The summed E-state index contributed by atoms with van der Waals surface area (Å²) in [5.74, 6) is -0.289. The van der Waals surface area contributed by atoms with Gasteiger partial charge >= 0.3 is 5.97 Å². The van der Waals surface area contributed by atoms with Crippen molar-refractivity contribution < 1.29 is 14.7 Å². The molecule has 0 aliphatic carbocycles. The number of rotatable bonds is 5. The number of amides is 1. The van der Waals surface area contributed by atoms with E-state index in [0.29, 0.717) is 24.4 Å². The van der Waals surface area contributed by atoms with E-state index in [1.54, 1.807) is 19.2 Å². The van der Waals surface area contributed by atoms with Crippen molar-refractivity contribution >= 4 is 29.3 Å². The fourth-order valence-corrected chi connectivity index (χ4v) is 2.79. The summed E-state index contributed by atoms with van der Waals surface area (Å²) in [7, 11) is 0. The monoisotopic (exact) mass is 325 g/mol. The second-order valence-electron chi connectivity index (χ2n) is 5.34. The number of likely N-dealkylation sites (N-methyl/N-ethyl adjacent to an activating group) is 1. The van der Waals surface area contributed by atoms with Crippen LogP contribution >= 0.6 is 11.6 Å². The minimum atomic E-state index is -0.974. The van der Waals surface area contributed by atoms with Crippen LogP contribution in [0.25, 0.3) is 0 Å². The fraction of sp³-hybridized carbons (Fsp3) is 0.533.